The number of hydrogen-bond acceptors (Lipinski definition) is 3. The fraction of sp³-hybridized carbons (Fsp3) is 0.421. The predicted octanol–water partition coefficient (Wildman–Crippen LogP) is 4.13. The zero-order valence-electron chi connectivity index (χ0n) is 15.0. The zero-order chi connectivity index (χ0) is 16.9. The van der Waals surface area contributed by atoms with E-state index in [2.05, 4.69) is 64.8 Å². The molecule has 1 fully saturated rings. The summed E-state index contributed by atoms with van der Waals surface area (Å²) in [6.07, 6.45) is 0.0990. The van der Waals surface area contributed by atoms with Crippen molar-refractivity contribution in [1.29, 1.82) is 0 Å². The van der Waals surface area contributed by atoms with Crippen molar-refractivity contribution in [2.45, 2.75) is 26.5 Å². The van der Waals surface area contributed by atoms with E-state index in [1.807, 2.05) is 7.05 Å². The Hall–Kier alpha value is -1.12. The number of rotatable bonds is 3. The lowest BCUT2D eigenvalue weighted by Crippen LogP contribution is -2.48. The third-order valence-electron chi connectivity index (χ3n) is 4.49. The van der Waals surface area contributed by atoms with Crippen LogP contribution in [0.1, 0.15) is 27.7 Å². The van der Waals surface area contributed by atoms with Crippen molar-refractivity contribution in [2.75, 3.05) is 26.7 Å². The van der Waals surface area contributed by atoms with E-state index in [0.717, 1.165) is 32.2 Å². The normalized spacial score (nSPS) is 18.0. The SMILES string of the molecule is CN=C(NCc1sccc1C)N1CCOC(c2ccccc2C)C1.I. The maximum Gasteiger partial charge on any atom is 0.194 e. The molecule has 0 radical (unpaired) electrons. The summed E-state index contributed by atoms with van der Waals surface area (Å²) >= 11 is 1.79. The summed E-state index contributed by atoms with van der Waals surface area (Å²) in [5.41, 5.74) is 3.89. The van der Waals surface area contributed by atoms with Gasteiger partial charge in [0.05, 0.1) is 19.7 Å². The summed E-state index contributed by atoms with van der Waals surface area (Å²) < 4.78 is 6.02. The average Bonchev–Trinajstić information content (AvgIpc) is 3.01. The van der Waals surface area contributed by atoms with Crippen LogP contribution < -0.4 is 5.32 Å². The van der Waals surface area contributed by atoms with Gasteiger partial charge in [0, 0.05) is 18.5 Å². The first kappa shape index (κ1) is 20.2. The standard InChI is InChI=1S/C19H25N3OS.HI/c1-14-6-4-5-7-16(14)17-13-22(9-10-23-17)19(20-3)21-12-18-15(2)8-11-24-18;/h4-8,11,17H,9-10,12-13H2,1-3H3,(H,20,21);1H. The minimum atomic E-state index is 0. The Morgan fingerprint density at radius 3 is 2.76 bits per heavy atom. The van der Waals surface area contributed by atoms with Crippen LogP contribution in [0.25, 0.3) is 0 Å². The van der Waals surface area contributed by atoms with Crippen molar-refractivity contribution in [3.8, 4) is 0 Å². The number of halogens is 1. The molecule has 1 aromatic carbocycles. The maximum absolute atomic E-state index is 6.02. The molecule has 2 aromatic rings. The van der Waals surface area contributed by atoms with E-state index in [-0.39, 0.29) is 30.1 Å². The molecule has 0 amide bonds. The minimum Gasteiger partial charge on any atom is -0.370 e. The number of nitrogens with zero attached hydrogens (tertiary/aromatic N) is 2. The average molecular weight is 471 g/mol. The number of guanidine groups is 1. The summed E-state index contributed by atoms with van der Waals surface area (Å²) in [5.74, 6) is 0.949. The Labute approximate surface area is 171 Å². The first-order valence-corrected chi connectivity index (χ1v) is 9.22. The molecule has 1 atom stereocenters. The van der Waals surface area contributed by atoms with Gasteiger partial charge >= 0.3 is 0 Å². The first-order valence-electron chi connectivity index (χ1n) is 8.34. The largest absolute Gasteiger partial charge is 0.370 e. The van der Waals surface area contributed by atoms with Crippen molar-refractivity contribution in [2.24, 2.45) is 4.99 Å². The van der Waals surface area contributed by atoms with Gasteiger partial charge in [0.25, 0.3) is 0 Å². The molecular weight excluding hydrogens is 445 g/mol. The van der Waals surface area contributed by atoms with Gasteiger partial charge in [0.2, 0.25) is 0 Å². The Balaban J connectivity index is 0.00000225. The van der Waals surface area contributed by atoms with Gasteiger partial charge in [-0.1, -0.05) is 24.3 Å². The van der Waals surface area contributed by atoms with E-state index >= 15 is 0 Å². The van der Waals surface area contributed by atoms with Crippen LogP contribution in [-0.4, -0.2) is 37.6 Å². The fourth-order valence-electron chi connectivity index (χ4n) is 3.05. The second-order valence-corrected chi connectivity index (χ2v) is 7.09. The quantitative estimate of drug-likeness (QED) is 0.416. The number of benzene rings is 1. The molecule has 3 rings (SSSR count). The fourth-order valence-corrected chi connectivity index (χ4v) is 3.90. The van der Waals surface area contributed by atoms with Gasteiger partial charge in [-0.05, 0) is 42.0 Å². The number of aliphatic imine (C=N–C) groups is 1. The molecule has 6 heteroatoms. The van der Waals surface area contributed by atoms with Crippen LogP contribution in [0.15, 0.2) is 40.7 Å². The van der Waals surface area contributed by atoms with Crippen molar-refractivity contribution < 1.29 is 4.74 Å². The van der Waals surface area contributed by atoms with Crippen LogP contribution in [0.3, 0.4) is 0 Å². The number of hydrogen-bond donors (Lipinski definition) is 1. The molecule has 136 valence electrons. The highest BCUT2D eigenvalue weighted by Crippen LogP contribution is 2.25. The smallest absolute Gasteiger partial charge is 0.194 e. The van der Waals surface area contributed by atoms with Crippen LogP contribution in [0.2, 0.25) is 0 Å². The Bertz CT molecular complexity index is 716. The van der Waals surface area contributed by atoms with Gasteiger partial charge in [-0.25, -0.2) is 0 Å². The summed E-state index contributed by atoms with van der Waals surface area (Å²) in [4.78, 5) is 8.13. The van der Waals surface area contributed by atoms with Gasteiger partial charge in [-0.2, -0.15) is 0 Å². The van der Waals surface area contributed by atoms with Gasteiger partial charge in [-0.3, -0.25) is 4.99 Å². The molecule has 1 aliphatic heterocycles. The second-order valence-electron chi connectivity index (χ2n) is 6.09. The van der Waals surface area contributed by atoms with Crippen molar-refractivity contribution in [3.05, 3.63) is 57.3 Å². The third-order valence-corrected chi connectivity index (χ3v) is 5.51. The molecule has 0 saturated carbocycles. The lowest BCUT2D eigenvalue weighted by atomic mass is 10.0. The van der Waals surface area contributed by atoms with Crippen LogP contribution in [0.5, 0.6) is 0 Å². The van der Waals surface area contributed by atoms with Gasteiger partial charge in [-0.15, -0.1) is 35.3 Å². The molecular formula is C19H26IN3OS. The number of thiophene rings is 1. The third kappa shape index (κ3) is 4.95. The number of nitrogens with one attached hydrogen (secondary N) is 1. The second kappa shape index (κ2) is 9.54. The van der Waals surface area contributed by atoms with Crippen LogP contribution in [0, 0.1) is 13.8 Å². The predicted molar refractivity (Wildman–Crippen MR) is 116 cm³/mol. The number of morpholine rings is 1. The Morgan fingerprint density at radius 1 is 1.28 bits per heavy atom. The monoisotopic (exact) mass is 471 g/mol. The zero-order valence-corrected chi connectivity index (χ0v) is 18.1. The topological polar surface area (TPSA) is 36.9 Å². The molecule has 1 unspecified atom stereocenters. The molecule has 2 heterocycles. The van der Waals surface area contributed by atoms with E-state index in [1.54, 1.807) is 11.3 Å². The summed E-state index contributed by atoms with van der Waals surface area (Å²) in [7, 11) is 1.85. The molecule has 0 bridgehead atoms. The minimum absolute atomic E-state index is 0. The summed E-state index contributed by atoms with van der Waals surface area (Å²) in [5, 5.41) is 5.64. The molecule has 25 heavy (non-hydrogen) atoms. The molecule has 1 saturated heterocycles. The van der Waals surface area contributed by atoms with Gasteiger partial charge in [0.15, 0.2) is 5.96 Å². The lowest BCUT2D eigenvalue weighted by Gasteiger charge is -2.35. The first-order chi connectivity index (χ1) is 11.7. The molecule has 0 aliphatic carbocycles. The van der Waals surface area contributed by atoms with E-state index < -0.39 is 0 Å². The maximum atomic E-state index is 6.02. The van der Waals surface area contributed by atoms with E-state index in [4.69, 9.17) is 4.74 Å². The molecule has 1 aromatic heterocycles. The highest BCUT2D eigenvalue weighted by molar-refractivity contribution is 14.0. The van der Waals surface area contributed by atoms with Crippen LogP contribution in [-0.2, 0) is 11.3 Å². The Morgan fingerprint density at radius 2 is 2.08 bits per heavy atom. The Kier molecular flexibility index (Phi) is 7.71. The molecule has 0 spiro atoms. The highest BCUT2D eigenvalue weighted by Gasteiger charge is 2.25. The van der Waals surface area contributed by atoms with E-state index in [1.165, 1.54) is 21.6 Å². The summed E-state index contributed by atoms with van der Waals surface area (Å²) in [6, 6.07) is 10.6. The van der Waals surface area contributed by atoms with Crippen LogP contribution in [0.4, 0.5) is 0 Å². The van der Waals surface area contributed by atoms with Crippen LogP contribution >= 0.6 is 35.3 Å². The summed E-state index contributed by atoms with van der Waals surface area (Å²) in [6.45, 7) is 7.53. The highest BCUT2D eigenvalue weighted by atomic mass is 127. The number of aryl methyl sites for hydroxylation is 2. The van der Waals surface area contributed by atoms with Gasteiger partial charge in [0.1, 0.15) is 6.10 Å². The number of ether oxygens (including phenoxy) is 1. The molecule has 4 nitrogen and oxygen atoms in total. The lowest BCUT2D eigenvalue weighted by molar-refractivity contribution is -0.00833. The molecule has 1 N–H and O–H groups in total. The molecule has 1 aliphatic rings. The van der Waals surface area contributed by atoms with E-state index in [9.17, 15) is 0 Å². The van der Waals surface area contributed by atoms with Crippen molar-refractivity contribution in [3.63, 3.8) is 0 Å². The van der Waals surface area contributed by atoms with Crippen molar-refractivity contribution >= 4 is 41.3 Å². The van der Waals surface area contributed by atoms with Gasteiger partial charge < -0.3 is 15.0 Å². The van der Waals surface area contributed by atoms with E-state index in [0.29, 0.717) is 0 Å². The van der Waals surface area contributed by atoms with Crippen molar-refractivity contribution in [1.82, 2.24) is 10.2 Å².